The fraction of sp³-hybridized carbons (Fsp3) is 0.684. The Hall–Kier alpha value is -0.980. The summed E-state index contributed by atoms with van der Waals surface area (Å²) < 4.78 is 0. The average Bonchev–Trinajstić information content (AvgIpc) is 2.42. The lowest BCUT2D eigenvalue weighted by atomic mass is 9.78. The van der Waals surface area contributed by atoms with Crippen LogP contribution in [0.15, 0.2) is 12.1 Å². The summed E-state index contributed by atoms with van der Waals surface area (Å²) in [5.74, 6) is 0. The maximum absolute atomic E-state index is 6.09. The standard InChI is InChI=1S/C17H29N.C2H6/c1-6-7-8-9-10-17(4,5)15-11-13(2)14(3)16(18)12-15;1-2/h11-12H,6-10,18H2,1-5H3;1-2H3. The van der Waals surface area contributed by atoms with Crippen LogP contribution in [-0.4, -0.2) is 0 Å². The van der Waals surface area contributed by atoms with Gasteiger partial charge in [0.05, 0.1) is 0 Å². The van der Waals surface area contributed by atoms with E-state index in [0.717, 1.165) is 5.69 Å². The highest BCUT2D eigenvalue weighted by Crippen LogP contribution is 2.32. The van der Waals surface area contributed by atoms with E-state index in [2.05, 4.69) is 46.8 Å². The van der Waals surface area contributed by atoms with Gasteiger partial charge in [-0.3, -0.25) is 0 Å². The molecule has 0 heterocycles. The molecule has 1 aromatic carbocycles. The summed E-state index contributed by atoms with van der Waals surface area (Å²) in [6.07, 6.45) is 6.56. The normalized spacial score (nSPS) is 10.9. The van der Waals surface area contributed by atoms with Gasteiger partial charge in [0, 0.05) is 5.69 Å². The van der Waals surface area contributed by atoms with Crippen molar-refractivity contribution in [3.63, 3.8) is 0 Å². The van der Waals surface area contributed by atoms with Crippen LogP contribution >= 0.6 is 0 Å². The first kappa shape index (κ1) is 19.0. The van der Waals surface area contributed by atoms with Crippen LogP contribution in [0, 0.1) is 13.8 Å². The number of hydrogen-bond acceptors (Lipinski definition) is 1. The second-order valence-corrected chi connectivity index (χ2v) is 6.20. The van der Waals surface area contributed by atoms with E-state index in [1.165, 1.54) is 48.8 Å². The number of unbranched alkanes of at least 4 members (excludes halogenated alkanes) is 3. The van der Waals surface area contributed by atoms with Gasteiger partial charge in [0.1, 0.15) is 0 Å². The smallest absolute Gasteiger partial charge is 0.0349 e. The summed E-state index contributed by atoms with van der Waals surface area (Å²) in [6.45, 7) is 15.2. The summed E-state index contributed by atoms with van der Waals surface area (Å²) in [6, 6.07) is 4.48. The highest BCUT2D eigenvalue weighted by molar-refractivity contribution is 5.53. The van der Waals surface area contributed by atoms with Crippen LogP contribution in [0.4, 0.5) is 5.69 Å². The summed E-state index contributed by atoms with van der Waals surface area (Å²) in [7, 11) is 0. The zero-order valence-corrected chi connectivity index (χ0v) is 14.8. The molecule has 0 unspecified atom stereocenters. The number of aryl methyl sites for hydroxylation is 1. The van der Waals surface area contributed by atoms with Crippen LogP contribution in [0.5, 0.6) is 0 Å². The van der Waals surface area contributed by atoms with Crippen molar-refractivity contribution in [2.45, 2.75) is 86.0 Å². The van der Waals surface area contributed by atoms with Crippen LogP contribution in [-0.2, 0) is 5.41 Å². The molecule has 20 heavy (non-hydrogen) atoms. The number of benzene rings is 1. The Balaban J connectivity index is 0.00000172. The van der Waals surface area contributed by atoms with E-state index in [-0.39, 0.29) is 5.41 Å². The van der Waals surface area contributed by atoms with E-state index in [1.54, 1.807) is 0 Å². The molecule has 0 amide bonds. The van der Waals surface area contributed by atoms with Gasteiger partial charge in [-0.25, -0.2) is 0 Å². The molecule has 0 radical (unpaired) electrons. The number of nitrogens with two attached hydrogens (primary N) is 1. The van der Waals surface area contributed by atoms with Crippen LogP contribution in [0.25, 0.3) is 0 Å². The van der Waals surface area contributed by atoms with Crippen molar-refractivity contribution in [1.29, 1.82) is 0 Å². The Morgan fingerprint density at radius 1 is 1.00 bits per heavy atom. The second-order valence-electron chi connectivity index (χ2n) is 6.20. The van der Waals surface area contributed by atoms with Crippen molar-refractivity contribution in [2.24, 2.45) is 0 Å². The SMILES string of the molecule is CC.CCCCCCC(C)(C)c1cc(C)c(C)c(N)c1. The Labute approximate surface area is 127 Å². The molecule has 1 aromatic rings. The quantitative estimate of drug-likeness (QED) is 0.489. The van der Waals surface area contributed by atoms with Gasteiger partial charge >= 0.3 is 0 Å². The van der Waals surface area contributed by atoms with Gasteiger partial charge < -0.3 is 5.73 Å². The van der Waals surface area contributed by atoms with Gasteiger partial charge in [-0.05, 0) is 48.4 Å². The molecule has 0 atom stereocenters. The first-order valence-corrected chi connectivity index (χ1v) is 8.25. The molecule has 1 heteroatoms. The molecule has 0 aliphatic carbocycles. The predicted molar refractivity (Wildman–Crippen MR) is 93.5 cm³/mol. The predicted octanol–water partition coefficient (Wildman–Crippen LogP) is 6.16. The number of rotatable bonds is 6. The molecular weight excluding hydrogens is 242 g/mol. The van der Waals surface area contributed by atoms with Crippen molar-refractivity contribution in [1.82, 2.24) is 0 Å². The van der Waals surface area contributed by atoms with Crippen LogP contribution in [0.2, 0.25) is 0 Å². The molecule has 0 aliphatic rings. The summed E-state index contributed by atoms with van der Waals surface area (Å²) in [5.41, 5.74) is 11.2. The van der Waals surface area contributed by atoms with Crippen molar-refractivity contribution in [3.8, 4) is 0 Å². The van der Waals surface area contributed by atoms with Gasteiger partial charge in [0.2, 0.25) is 0 Å². The van der Waals surface area contributed by atoms with E-state index >= 15 is 0 Å². The molecule has 2 N–H and O–H groups in total. The van der Waals surface area contributed by atoms with Crippen molar-refractivity contribution in [2.75, 3.05) is 5.73 Å². The Morgan fingerprint density at radius 2 is 1.60 bits per heavy atom. The highest BCUT2D eigenvalue weighted by atomic mass is 14.6. The number of hydrogen-bond donors (Lipinski definition) is 1. The minimum atomic E-state index is 0.236. The molecule has 0 aliphatic heterocycles. The first-order valence-electron chi connectivity index (χ1n) is 8.25. The molecule has 1 rings (SSSR count). The molecule has 0 fully saturated rings. The largest absolute Gasteiger partial charge is 0.398 e. The zero-order valence-electron chi connectivity index (χ0n) is 14.8. The second kappa shape index (κ2) is 9.05. The summed E-state index contributed by atoms with van der Waals surface area (Å²) in [5, 5.41) is 0. The Morgan fingerprint density at radius 3 is 2.10 bits per heavy atom. The van der Waals surface area contributed by atoms with E-state index in [1.807, 2.05) is 13.8 Å². The molecule has 0 saturated carbocycles. The minimum Gasteiger partial charge on any atom is -0.398 e. The molecular formula is C19H35N. The van der Waals surface area contributed by atoms with Crippen LogP contribution in [0.1, 0.15) is 83.4 Å². The molecule has 0 spiro atoms. The molecule has 116 valence electrons. The number of nitrogen functional groups attached to an aromatic ring is 1. The molecule has 0 bridgehead atoms. The van der Waals surface area contributed by atoms with Gasteiger partial charge in [0.25, 0.3) is 0 Å². The lowest BCUT2D eigenvalue weighted by molar-refractivity contribution is 0.446. The molecule has 1 nitrogen and oxygen atoms in total. The summed E-state index contributed by atoms with van der Waals surface area (Å²) >= 11 is 0. The maximum atomic E-state index is 6.09. The summed E-state index contributed by atoms with van der Waals surface area (Å²) in [4.78, 5) is 0. The van der Waals surface area contributed by atoms with Gasteiger partial charge in [0.15, 0.2) is 0 Å². The lowest BCUT2D eigenvalue weighted by Crippen LogP contribution is -2.18. The van der Waals surface area contributed by atoms with E-state index in [9.17, 15) is 0 Å². The van der Waals surface area contributed by atoms with E-state index in [4.69, 9.17) is 5.73 Å². The van der Waals surface area contributed by atoms with Crippen LogP contribution < -0.4 is 5.73 Å². The fourth-order valence-corrected chi connectivity index (χ4v) is 2.42. The van der Waals surface area contributed by atoms with Gasteiger partial charge in [-0.2, -0.15) is 0 Å². The number of anilines is 1. The minimum absolute atomic E-state index is 0.236. The van der Waals surface area contributed by atoms with E-state index < -0.39 is 0 Å². The monoisotopic (exact) mass is 277 g/mol. The first-order chi connectivity index (χ1) is 9.38. The average molecular weight is 277 g/mol. The van der Waals surface area contributed by atoms with Crippen molar-refractivity contribution in [3.05, 3.63) is 28.8 Å². The van der Waals surface area contributed by atoms with Crippen LogP contribution in [0.3, 0.4) is 0 Å². The fourth-order valence-electron chi connectivity index (χ4n) is 2.42. The lowest BCUT2D eigenvalue weighted by Gasteiger charge is -2.27. The van der Waals surface area contributed by atoms with Gasteiger partial charge in [-0.15, -0.1) is 0 Å². The van der Waals surface area contributed by atoms with E-state index in [0.29, 0.717) is 0 Å². The third-order valence-electron chi connectivity index (χ3n) is 4.14. The van der Waals surface area contributed by atoms with Crippen molar-refractivity contribution < 1.29 is 0 Å². The Kier molecular flexibility index (Phi) is 8.60. The zero-order chi connectivity index (χ0) is 15.8. The third kappa shape index (κ3) is 5.56. The molecule has 0 aromatic heterocycles. The Bertz CT molecular complexity index is 368. The highest BCUT2D eigenvalue weighted by Gasteiger charge is 2.21. The topological polar surface area (TPSA) is 26.0 Å². The van der Waals surface area contributed by atoms with Crippen molar-refractivity contribution >= 4 is 5.69 Å². The molecule has 0 saturated heterocycles. The van der Waals surface area contributed by atoms with Gasteiger partial charge in [-0.1, -0.05) is 66.4 Å². The third-order valence-corrected chi connectivity index (χ3v) is 4.14. The maximum Gasteiger partial charge on any atom is 0.0349 e.